The van der Waals surface area contributed by atoms with Crippen LogP contribution < -0.4 is 0 Å². The molecular formula is C26H19F5N4O4S. The molecule has 0 amide bonds. The van der Waals surface area contributed by atoms with Crippen molar-refractivity contribution in [3.05, 3.63) is 72.1 Å². The standard InChI is InChI=1S/C26H19F5N4O4S/c27-16-1-4-22-13(5-16)8-23(39-22)40(37,38)35-18-6-14(7-18)24(35)21(36)3-2-17-9-19(20(28)12-32-17)15-10-33-25(34-11-15)26(29,30)31/h1,4-5,8-12,14,18,24H,2-3,6-7H2/t14?,18?,24-/m0/s1. The van der Waals surface area contributed by atoms with Crippen LogP contribution in [0.2, 0.25) is 0 Å². The number of hydrogen-bond acceptors (Lipinski definition) is 7. The van der Waals surface area contributed by atoms with Crippen molar-refractivity contribution in [3.8, 4) is 11.1 Å². The van der Waals surface area contributed by atoms with Gasteiger partial charge in [0.15, 0.2) is 5.78 Å². The Morgan fingerprint density at radius 2 is 1.75 bits per heavy atom. The Balaban J connectivity index is 1.20. The van der Waals surface area contributed by atoms with E-state index >= 15 is 0 Å². The molecule has 0 unspecified atom stereocenters. The number of fused-ring (bicyclic) bond motifs is 2. The first kappa shape index (κ1) is 26.4. The van der Waals surface area contributed by atoms with Gasteiger partial charge in [0.2, 0.25) is 10.9 Å². The van der Waals surface area contributed by atoms with Crippen molar-refractivity contribution in [2.75, 3.05) is 0 Å². The van der Waals surface area contributed by atoms with Crippen molar-refractivity contribution in [3.63, 3.8) is 0 Å². The van der Waals surface area contributed by atoms with Gasteiger partial charge < -0.3 is 4.42 Å². The van der Waals surface area contributed by atoms with E-state index in [1.165, 1.54) is 22.5 Å². The fraction of sp³-hybridized carbons (Fsp3) is 0.308. The summed E-state index contributed by atoms with van der Waals surface area (Å²) in [6, 6.07) is 4.90. The van der Waals surface area contributed by atoms with E-state index in [9.17, 15) is 35.2 Å². The molecule has 3 aromatic heterocycles. The Kier molecular flexibility index (Phi) is 6.22. The van der Waals surface area contributed by atoms with Crippen LogP contribution in [0.15, 0.2) is 58.4 Å². The van der Waals surface area contributed by atoms with Crippen LogP contribution in [0.3, 0.4) is 0 Å². The number of alkyl halides is 3. The van der Waals surface area contributed by atoms with E-state index < -0.39 is 39.7 Å². The van der Waals surface area contributed by atoms with Gasteiger partial charge in [-0.3, -0.25) is 9.78 Å². The number of ketones is 1. The average molecular weight is 579 g/mol. The van der Waals surface area contributed by atoms with Gasteiger partial charge in [-0.2, -0.15) is 17.5 Å². The van der Waals surface area contributed by atoms with Crippen molar-refractivity contribution in [2.24, 2.45) is 5.92 Å². The van der Waals surface area contributed by atoms with Crippen molar-refractivity contribution in [1.82, 2.24) is 19.3 Å². The van der Waals surface area contributed by atoms with E-state index in [4.69, 9.17) is 4.42 Å². The van der Waals surface area contributed by atoms with Crippen LogP contribution >= 0.6 is 0 Å². The average Bonchev–Trinajstić information content (AvgIpc) is 3.59. The molecule has 2 aliphatic heterocycles. The lowest BCUT2D eigenvalue weighted by molar-refractivity contribution is -0.145. The predicted octanol–water partition coefficient (Wildman–Crippen LogP) is 4.94. The third-order valence-corrected chi connectivity index (χ3v) is 9.09. The molecule has 40 heavy (non-hydrogen) atoms. The van der Waals surface area contributed by atoms with Gasteiger partial charge in [0, 0.05) is 53.1 Å². The zero-order valence-electron chi connectivity index (χ0n) is 20.4. The summed E-state index contributed by atoms with van der Waals surface area (Å²) in [6.45, 7) is 0. The number of hydrogen-bond donors (Lipinski definition) is 0. The summed E-state index contributed by atoms with van der Waals surface area (Å²) >= 11 is 0. The third-order valence-electron chi connectivity index (χ3n) is 7.30. The third kappa shape index (κ3) is 4.54. The molecule has 1 saturated carbocycles. The zero-order chi connectivity index (χ0) is 28.4. The molecule has 4 aromatic rings. The lowest BCUT2D eigenvalue weighted by Crippen LogP contribution is -2.41. The second-order valence-corrected chi connectivity index (χ2v) is 11.6. The molecule has 14 heteroatoms. The van der Waals surface area contributed by atoms with Gasteiger partial charge in [-0.05, 0) is 49.4 Å². The van der Waals surface area contributed by atoms with E-state index in [0.717, 1.165) is 30.7 Å². The Labute approximate surface area is 223 Å². The van der Waals surface area contributed by atoms with Crippen molar-refractivity contribution < 1.29 is 39.6 Å². The molecule has 2 saturated heterocycles. The first-order valence-electron chi connectivity index (χ1n) is 12.2. The highest BCUT2D eigenvalue weighted by Crippen LogP contribution is 2.49. The Morgan fingerprint density at radius 1 is 1.02 bits per heavy atom. The minimum absolute atomic E-state index is 0.0000705. The number of Topliss-reactive ketones (excluding diaryl/α,β-unsaturated/α-hetero) is 1. The van der Waals surface area contributed by atoms with Crippen LogP contribution in [0.1, 0.15) is 30.8 Å². The number of carbonyl (C=O) groups is 1. The summed E-state index contributed by atoms with van der Waals surface area (Å²) < 4.78 is 99.9. The van der Waals surface area contributed by atoms with E-state index in [1.807, 2.05) is 0 Å². The number of carbonyl (C=O) groups excluding carboxylic acids is 1. The molecule has 1 aromatic carbocycles. The first-order chi connectivity index (χ1) is 18.9. The molecule has 0 N–H and O–H groups in total. The number of benzene rings is 1. The van der Waals surface area contributed by atoms with Crippen LogP contribution in [0.5, 0.6) is 0 Å². The smallest absolute Gasteiger partial charge is 0.443 e. The van der Waals surface area contributed by atoms with Gasteiger partial charge >= 0.3 is 6.18 Å². The highest BCUT2D eigenvalue weighted by atomic mass is 32.2. The summed E-state index contributed by atoms with van der Waals surface area (Å²) in [7, 11) is -4.20. The number of halogens is 5. The molecule has 208 valence electrons. The molecule has 3 aliphatic rings. The van der Waals surface area contributed by atoms with Gasteiger partial charge in [0.25, 0.3) is 10.0 Å². The van der Waals surface area contributed by atoms with Gasteiger partial charge in [-0.25, -0.2) is 27.2 Å². The van der Waals surface area contributed by atoms with Crippen molar-refractivity contribution >= 4 is 26.8 Å². The quantitative estimate of drug-likeness (QED) is 0.286. The Morgan fingerprint density at radius 3 is 2.45 bits per heavy atom. The topological polar surface area (TPSA) is 106 Å². The van der Waals surface area contributed by atoms with Gasteiger partial charge in [0.05, 0.1) is 12.2 Å². The molecule has 0 spiro atoms. The minimum atomic E-state index is -4.74. The molecule has 1 aliphatic carbocycles. The SMILES string of the molecule is O=C(CCc1cc(-c2cnc(C(F)(F)F)nc2)c(F)cn1)[C@@H]1C2CC(C2)N1S(=O)(=O)c1cc2cc(F)ccc2o1. The zero-order valence-corrected chi connectivity index (χ0v) is 21.2. The van der Waals surface area contributed by atoms with Crippen molar-refractivity contribution in [2.45, 2.75) is 49.0 Å². The van der Waals surface area contributed by atoms with E-state index in [-0.39, 0.29) is 63.5 Å². The molecule has 3 fully saturated rings. The van der Waals surface area contributed by atoms with Crippen LogP contribution in [0.25, 0.3) is 22.1 Å². The molecule has 5 heterocycles. The second kappa shape index (κ2) is 9.41. The Bertz CT molecular complexity index is 1730. The van der Waals surface area contributed by atoms with Crippen molar-refractivity contribution in [1.29, 1.82) is 0 Å². The molecular weight excluding hydrogens is 559 g/mol. The molecule has 2 bridgehead atoms. The first-order valence-corrected chi connectivity index (χ1v) is 13.7. The van der Waals surface area contributed by atoms with E-state index in [0.29, 0.717) is 12.8 Å². The molecule has 0 radical (unpaired) electrons. The maximum Gasteiger partial charge on any atom is 0.451 e. The largest absolute Gasteiger partial charge is 0.451 e. The number of aryl methyl sites for hydroxylation is 1. The fourth-order valence-corrected chi connectivity index (χ4v) is 7.19. The monoisotopic (exact) mass is 578 g/mol. The second-order valence-electron chi connectivity index (χ2n) is 9.83. The number of pyridine rings is 1. The Hall–Kier alpha value is -3.78. The number of sulfonamides is 1. The summed E-state index contributed by atoms with van der Waals surface area (Å²) in [4.78, 5) is 23.8. The summed E-state index contributed by atoms with van der Waals surface area (Å²) in [5.74, 6) is -3.22. The number of nitrogens with zero attached hydrogens (tertiary/aromatic N) is 4. The highest BCUT2D eigenvalue weighted by molar-refractivity contribution is 7.89. The predicted molar refractivity (Wildman–Crippen MR) is 129 cm³/mol. The van der Waals surface area contributed by atoms with Crippen LogP contribution in [-0.4, -0.2) is 45.5 Å². The number of rotatable bonds is 7. The van der Waals surface area contributed by atoms with E-state index in [2.05, 4.69) is 15.0 Å². The van der Waals surface area contributed by atoms with E-state index in [1.54, 1.807) is 0 Å². The van der Waals surface area contributed by atoms with Crippen LogP contribution in [0.4, 0.5) is 22.0 Å². The van der Waals surface area contributed by atoms with Crippen LogP contribution in [-0.2, 0) is 27.4 Å². The van der Waals surface area contributed by atoms with Gasteiger partial charge in [-0.15, -0.1) is 0 Å². The summed E-state index contributed by atoms with van der Waals surface area (Å²) in [5, 5.41) is -0.0910. The fourth-order valence-electron chi connectivity index (χ4n) is 5.35. The highest BCUT2D eigenvalue weighted by Gasteiger charge is 2.58. The molecule has 7 rings (SSSR count). The van der Waals surface area contributed by atoms with Gasteiger partial charge in [0.1, 0.15) is 17.2 Å². The molecule has 1 atom stereocenters. The van der Waals surface area contributed by atoms with Crippen LogP contribution in [0, 0.1) is 17.6 Å². The lowest BCUT2D eigenvalue weighted by atomic mass is 9.81. The number of furan rings is 1. The molecule has 8 nitrogen and oxygen atoms in total. The maximum absolute atomic E-state index is 14.4. The summed E-state index contributed by atoms with van der Waals surface area (Å²) in [5.41, 5.74) is 0.398. The maximum atomic E-state index is 14.4. The summed E-state index contributed by atoms with van der Waals surface area (Å²) in [6.07, 6.45) is -1.17. The lowest BCUT2D eigenvalue weighted by Gasteiger charge is -2.24. The van der Waals surface area contributed by atoms with Gasteiger partial charge in [-0.1, -0.05) is 0 Å². The number of aromatic nitrogens is 3. The normalized spacial score (nSPS) is 21.1. The minimum Gasteiger partial charge on any atom is -0.443 e.